The molecule has 0 radical (unpaired) electrons. The highest BCUT2D eigenvalue weighted by atomic mass is 28.4. The van der Waals surface area contributed by atoms with E-state index in [1.807, 2.05) is 0 Å². The van der Waals surface area contributed by atoms with Crippen molar-refractivity contribution in [1.82, 2.24) is 10.7 Å². The zero-order valence-electron chi connectivity index (χ0n) is 11.6. The molecular formula is C10H24N4O2Si. The zero-order valence-corrected chi connectivity index (χ0v) is 12.6. The second-order valence-corrected chi connectivity index (χ2v) is 10.1. The summed E-state index contributed by atoms with van der Waals surface area (Å²) in [5, 5.41) is 9.89. The van der Waals surface area contributed by atoms with E-state index in [9.17, 15) is 4.79 Å². The predicted octanol–water partition coefficient (Wildman–Crippen LogP) is 2.30. The van der Waals surface area contributed by atoms with Gasteiger partial charge in [-0.15, -0.1) is 0 Å². The molecule has 0 atom stereocenters. The molecule has 7 heteroatoms. The van der Waals surface area contributed by atoms with Crippen LogP contribution in [0.5, 0.6) is 0 Å². The molecule has 0 aromatic rings. The van der Waals surface area contributed by atoms with Crippen LogP contribution in [0.25, 0.3) is 0 Å². The van der Waals surface area contributed by atoms with Gasteiger partial charge in [0.05, 0.1) is 13.2 Å². The highest BCUT2D eigenvalue weighted by Crippen LogP contribution is 2.36. The van der Waals surface area contributed by atoms with Crippen molar-refractivity contribution >= 4 is 14.3 Å². The van der Waals surface area contributed by atoms with Crippen LogP contribution in [0, 0.1) is 0 Å². The standard InChI is InChI=1S/C10H24N4O2Si/c1-10(2,3)17(5,6)16-8-7-12-14-13-9(15)11-4/h7-8H2,1-6H3,(H2,11,12,13,15). The lowest BCUT2D eigenvalue weighted by molar-refractivity contribution is 0.242. The smallest absolute Gasteiger partial charge is 0.336 e. The van der Waals surface area contributed by atoms with E-state index in [0.29, 0.717) is 13.2 Å². The second-order valence-electron chi connectivity index (χ2n) is 5.26. The molecule has 0 bridgehead atoms. The van der Waals surface area contributed by atoms with Crippen molar-refractivity contribution in [2.75, 3.05) is 20.2 Å². The van der Waals surface area contributed by atoms with Crippen LogP contribution >= 0.6 is 0 Å². The summed E-state index contributed by atoms with van der Waals surface area (Å²) in [6, 6.07) is -0.376. The summed E-state index contributed by atoms with van der Waals surface area (Å²) in [6.45, 7) is 11.9. The van der Waals surface area contributed by atoms with Crippen LogP contribution in [0.3, 0.4) is 0 Å². The van der Waals surface area contributed by atoms with Gasteiger partial charge in [0.2, 0.25) is 0 Å². The highest BCUT2D eigenvalue weighted by molar-refractivity contribution is 6.74. The molecule has 0 rings (SSSR count). The van der Waals surface area contributed by atoms with E-state index in [1.165, 1.54) is 7.05 Å². The molecule has 17 heavy (non-hydrogen) atoms. The lowest BCUT2D eigenvalue weighted by Gasteiger charge is -2.35. The number of carbonyl (C=O) groups excluding carboxylic acids is 1. The summed E-state index contributed by atoms with van der Waals surface area (Å²) in [6.07, 6.45) is 0. The molecule has 100 valence electrons. The Morgan fingerprint density at radius 1 is 1.35 bits per heavy atom. The average molecular weight is 260 g/mol. The van der Waals surface area contributed by atoms with Crippen LogP contribution in [0.15, 0.2) is 10.3 Å². The van der Waals surface area contributed by atoms with Gasteiger partial charge >= 0.3 is 6.03 Å². The molecule has 2 N–H and O–H groups in total. The number of urea groups is 1. The molecule has 0 aliphatic rings. The van der Waals surface area contributed by atoms with Crippen molar-refractivity contribution in [2.45, 2.75) is 38.9 Å². The number of hydrogen-bond acceptors (Lipinski definition) is 4. The maximum absolute atomic E-state index is 10.7. The molecule has 2 amide bonds. The topological polar surface area (TPSA) is 75.1 Å². The number of carbonyl (C=O) groups is 1. The Kier molecular flexibility index (Phi) is 6.33. The first kappa shape index (κ1) is 16.0. The summed E-state index contributed by atoms with van der Waals surface area (Å²) in [5.74, 6) is 0. The Morgan fingerprint density at radius 2 is 1.94 bits per heavy atom. The van der Waals surface area contributed by atoms with Crippen LogP contribution in [0.4, 0.5) is 4.79 Å². The molecule has 0 aliphatic carbocycles. The van der Waals surface area contributed by atoms with E-state index in [4.69, 9.17) is 4.43 Å². The zero-order chi connectivity index (χ0) is 13.5. The Balaban J connectivity index is 3.82. The van der Waals surface area contributed by atoms with Gasteiger partial charge in [-0.2, -0.15) is 5.11 Å². The fraction of sp³-hybridized carbons (Fsp3) is 0.900. The van der Waals surface area contributed by atoms with E-state index in [-0.39, 0.29) is 11.1 Å². The van der Waals surface area contributed by atoms with Gasteiger partial charge in [-0.05, 0) is 18.1 Å². The van der Waals surface area contributed by atoms with Gasteiger partial charge in [-0.25, -0.2) is 10.2 Å². The third kappa shape index (κ3) is 6.37. The molecule has 0 aromatic heterocycles. The molecule has 6 nitrogen and oxygen atoms in total. The first-order valence-electron chi connectivity index (χ1n) is 5.69. The number of hydrogen-bond donors (Lipinski definition) is 2. The van der Waals surface area contributed by atoms with Crippen LogP contribution < -0.4 is 10.7 Å². The van der Waals surface area contributed by atoms with Crippen LogP contribution in [-0.4, -0.2) is 34.5 Å². The Hall–Kier alpha value is -0.953. The summed E-state index contributed by atoms with van der Waals surface area (Å²) >= 11 is 0. The normalized spacial score (nSPS) is 12.8. The van der Waals surface area contributed by atoms with E-state index in [2.05, 4.69) is 54.9 Å². The summed E-state index contributed by atoms with van der Waals surface area (Å²) < 4.78 is 5.88. The maximum atomic E-state index is 10.7. The number of rotatable bonds is 5. The Morgan fingerprint density at radius 3 is 2.41 bits per heavy atom. The van der Waals surface area contributed by atoms with Crippen molar-refractivity contribution in [2.24, 2.45) is 10.3 Å². The summed E-state index contributed by atoms with van der Waals surface area (Å²) in [4.78, 5) is 10.7. The predicted molar refractivity (Wildman–Crippen MR) is 70.5 cm³/mol. The summed E-state index contributed by atoms with van der Waals surface area (Å²) in [5.41, 5.74) is 2.22. The number of nitrogens with one attached hydrogen (secondary N) is 2. The molecule has 0 saturated heterocycles. The average Bonchev–Trinajstić information content (AvgIpc) is 2.21. The Bertz CT molecular complexity index is 274. The highest BCUT2D eigenvalue weighted by Gasteiger charge is 2.36. The van der Waals surface area contributed by atoms with Crippen LogP contribution in [0.1, 0.15) is 20.8 Å². The Labute approximate surface area is 104 Å². The lowest BCUT2D eigenvalue weighted by atomic mass is 10.2. The van der Waals surface area contributed by atoms with Gasteiger partial charge < -0.3 is 9.74 Å². The lowest BCUT2D eigenvalue weighted by Crippen LogP contribution is -2.41. The van der Waals surface area contributed by atoms with Crippen LogP contribution in [0.2, 0.25) is 18.1 Å². The van der Waals surface area contributed by atoms with E-state index >= 15 is 0 Å². The molecule has 0 aromatic carbocycles. The van der Waals surface area contributed by atoms with Crippen molar-refractivity contribution in [3.8, 4) is 0 Å². The first-order chi connectivity index (χ1) is 7.70. The second kappa shape index (κ2) is 6.70. The summed E-state index contributed by atoms with van der Waals surface area (Å²) in [7, 11) is -0.176. The first-order valence-corrected chi connectivity index (χ1v) is 8.60. The van der Waals surface area contributed by atoms with Crippen molar-refractivity contribution in [3.05, 3.63) is 0 Å². The van der Waals surface area contributed by atoms with Gasteiger partial charge in [0.1, 0.15) is 0 Å². The molecule has 0 unspecified atom stereocenters. The number of amides is 2. The molecular weight excluding hydrogens is 236 g/mol. The minimum atomic E-state index is -1.70. The molecule has 0 fully saturated rings. The molecule has 0 spiro atoms. The minimum absolute atomic E-state index is 0.199. The molecule has 0 aliphatic heterocycles. The number of nitrogens with zero attached hydrogens (tertiary/aromatic N) is 2. The molecule has 0 saturated carbocycles. The molecule has 0 heterocycles. The maximum Gasteiger partial charge on any atom is 0.336 e. The van der Waals surface area contributed by atoms with E-state index in [1.54, 1.807) is 0 Å². The quantitative estimate of drug-likeness (QED) is 0.344. The fourth-order valence-electron chi connectivity index (χ4n) is 0.745. The van der Waals surface area contributed by atoms with Crippen LogP contribution in [-0.2, 0) is 4.43 Å². The van der Waals surface area contributed by atoms with Crippen molar-refractivity contribution in [3.63, 3.8) is 0 Å². The fourth-order valence-corrected chi connectivity index (χ4v) is 1.78. The van der Waals surface area contributed by atoms with Gasteiger partial charge in [0.15, 0.2) is 8.32 Å². The monoisotopic (exact) mass is 260 g/mol. The third-order valence-corrected chi connectivity index (χ3v) is 7.45. The van der Waals surface area contributed by atoms with Gasteiger partial charge in [0, 0.05) is 7.05 Å². The van der Waals surface area contributed by atoms with E-state index < -0.39 is 8.32 Å². The van der Waals surface area contributed by atoms with Gasteiger partial charge in [-0.3, -0.25) is 0 Å². The SMILES string of the molecule is CNC(=O)N/N=N\CCO[Si](C)(C)C(C)(C)C. The van der Waals surface area contributed by atoms with Gasteiger partial charge in [-0.1, -0.05) is 26.0 Å². The van der Waals surface area contributed by atoms with E-state index in [0.717, 1.165) is 0 Å². The van der Waals surface area contributed by atoms with Gasteiger partial charge in [0.25, 0.3) is 0 Å². The third-order valence-electron chi connectivity index (χ3n) is 2.91. The van der Waals surface area contributed by atoms with Crippen molar-refractivity contribution < 1.29 is 9.22 Å². The minimum Gasteiger partial charge on any atom is -0.415 e. The largest absolute Gasteiger partial charge is 0.415 e. The van der Waals surface area contributed by atoms with Crippen molar-refractivity contribution in [1.29, 1.82) is 0 Å².